The van der Waals surface area contributed by atoms with E-state index in [9.17, 15) is 17.2 Å². The van der Waals surface area contributed by atoms with Gasteiger partial charge in [-0.3, -0.25) is 9.67 Å². The van der Waals surface area contributed by atoms with E-state index in [1.165, 1.54) is 0 Å². The molecule has 0 amide bonds. The molecule has 29 heavy (non-hydrogen) atoms. The average Bonchev–Trinajstić information content (AvgIpc) is 3.36. The Morgan fingerprint density at radius 3 is 2.38 bits per heavy atom. The number of sulfonamides is 1. The van der Waals surface area contributed by atoms with E-state index in [4.69, 9.17) is 0 Å². The highest BCUT2D eigenvalue weighted by atomic mass is 32.2. The smallest absolute Gasteiger partial charge is 0.246 e. The van der Waals surface area contributed by atoms with E-state index in [1.54, 1.807) is 18.5 Å². The fraction of sp³-hybridized carbons (Fsp3) is 0.300. The van der Waals surface area contributed by atoms with Crippen molar-refractivity contribution in [1.82, 2.24) is 19.5 Å². The molecule has 1 aromatic carbocycles. The molecule has 4 rings (SSSR count). The van der Waals surface area contributed by atoms with E-state index in [0.717, 1.165) is 55.1 Å². The number of rotatable bonds is 6. The monoisotopic (exact) mass is 418 g/mol. The second kappa shape index (κ2) is 8.00. The van der Waals surface area contributed by atoms with E-state index < -0.39 is 26.6 Å². The van der Waals surface area contributed by atoms with Crippen LogP contribution in [-0.4, -0.2) is 23.2 Å². The highest BCUT2D eigenvalue weighted by Crippen LogP contribution is 2.33. The molecule has 1 fully saturated rings. The van der Waals surface area contributed by atoms with Crippen LogP contribution in [0.15, 0.2) is 53.7 Å². The largest absolute Gasteiger partial charge is 0.265 e. The van der Waals surface area contributed by atoms with Crippen LogP contribution in [0.5, 0.6) is 0 Å². The Bertz CT molecular complexity index is 1090. The van der Waals surface area contributed by atoms with Crippen LogP contribution < -0.4 is 4.72 Å². The molecule has 6 nitrogen and oxygen atoms in total. The Balaban J connectivity index is 1.62. The van der Waals surface area contributed by atoms with Gasteiger partial charge in [0.2, 0.25) is 10.0 Å². The number of pyridine rings is 1. The van der Waals surface area contributed by atoms with E-state index in [2.05, 4.69) is 14.8 Å². The van der Waals surface area contributed by atoms with Crippen molar-refractivity contribution in [1.29, 1.82) is 0 Å². The molecule has 2 aromatic heterocycles. The number of halogens is 2. The summed E-state index contributed by atoms with van der Waals surface area (Å²) >= 11 is 0. The zero-order valence-corrected chi connectivity index (χ0v) is 16.4. The summed E-state index contributed by atoms with van der Waals surface area (Å²) in [6, 6.07) is 8.72. The second-order valence-corrected chi connectivity index (χ2v) is 8.72. The second-order valence-electron chi connectivity index (χ2n) is 7.01. The summed E-state index contributed by atoms with van der Waals surface area (Å²) in [4.78, 5) is 3.05. The SMILES string of the molecule is O=S(=O)(NCc1cc(-c2ccncc2)n(C2CCCC2)n1)c1c(F)cccc1F. The molecule has 152 valence electrons. The molecule has 0 bridgehead atoms. The van der Waals surface area contributed by atoms with Gasteiger partial charge in [-0.1, -0.05) is 18.9 Å². The lowest BCUT2D eigenvalue weighted by atomic mass is 10.1. The first-order valence-electron chi connectivity index (χ1n) is 9.38. The van der Waals surface area contributed by atoms with Gasteiger partial charge in [0.15, 0.2) is 4.90 Å². The van der Waals surface area contributed by atoms with Gasteiger partial charge in [0.05, 0.1) is 24.0 Å². The number of hydrogen-bond acceptors (Lipinski definition) is 4. The highest BCUT2D eigenvalue weighted by Gasteiger charge is 2.25. The number of nitrogens with one attached hydrogen (secondary N) is 1. The predicted octanol–water partition coefficient (Wildman–Crippen LogP) is 3.82. The van der Waals surface area contributed by atoms with Crippen molar-refractivity contribution in [2.45, 2.75) is 43.2 Å². The topological polar surface area (TPSA) is 76.9 Å². The van der Waals surface area contributed by atoms with Crippen molar-refractivity contribution in [2.24, 2.45) is 0 Å². The van der Waals surface area contributed by atoms with Crippen molar-refractivity contribution in [3.63, 3.8) is 0 Å². The van der Waals surface area contributed by atoms with Gasteiger partial charge in [-0.2, -0.15) is 5.10 Å². The minimum absolute atomic E-state index is 0.173. The molecule has 0 aliphatic heterocycles. The highest BCUT2D eigenvalue weighted by molar-refractivity contribution is 7.89. The maximum Gasteiger partial charge on any atom is 0.246 e. The number of benzene rings is 1. The fourth-order valence-corrected chi connectivity index (χ4v) is 4.81. The van der Waals surface area contributed by atoms with Crippen molar-refractivity contribution >= 4 is 10.0 Å². The van der Waals surface area contributed by atoms with Gasteiger partial charge in [0.1, 0.15) is 11.6 Å². The molecule has 0 radical (unpaired) electrons. The first-order chi connectivity index (χ1) is 14.0. The van der Waals surface area contributed by atoms with Gasteiger partial charge in [-0.15, -0.1) is 0 Å². The molecule has 3 aromatic rings. The predicted molar refractivity (Wildman–Crippen MR) is 103 cm³/mol. The Hall–Kier alpha value is -2.65. The van der Waals surface area contributed by atoms with Crippen LogP contribution in [0, 0.1) is 11.6 Å². The Morgan fingerprint density at radius 1 is 1.07 bits per heavy atom. The number of aromatic nitrogens is 3. The lowest BCUT2D eigenvalue weighted by Crippen LogP contribution is -2.25. The average molecular weight is 418 g/mol. The quantitative estimate of drug-likeness (QED) is 0.660. The van der Waals surface area contributed by atoms with E-state index in [0.29, 0.717) is 5.69 Å². The molecule has 1 aliphatic rings. The lowest BCUT2D eigenvalue weighted by molar-refractivity contribution is 0.467. The van der Waals surface area contributed by atoms with Gasteiger partial charge in [-0.25, -0.2) is 21.9 Å². The summed E-state index contributed by atoms with van der Waals surface area (Å²) in [7, 11) is -4.37. The molecule has 0 unspecified atom stereocenters. The summed E-state index contributed by atoms with van der Waals surface area (Å²) in [5.74, 6) is -2.27. The first kappa shape index (κ1) is 19.7. The molecule has 0 saturated heterocycles. The maximum absolute atomic E-state index is 13.9. The summed E-state index contributed by atoms with van der Waals surface area (Å²) < 4.78 is 56.8. The lowest BCUT2D eigenvalue weighted by Gasteiger charge is -2.14. The van der Waals surface area contributed by atoms with E-state index in [1.807, 2.05) is 16.8 Å². The molecular weight excluding hydrogens is 398 g/mol. The van der Waals surface area contributed by atoms with E-state index >= 15 is 0 Å². The fourth-order valence-electron chi connectivity index (χ4n) is 3.68. The number of nitrogens with zero attached hydrogens (tertiary/aromatic N) is 3. The summed E-state index contributed by atoms with van der Waals surface area (Å²) in [5, 5.41) is 4.59. The van der Waals surface area contributed by atoms with Crippen LogP contribution in [0.3, 0.4) is 0 Å². The van der Waals surface area contributed by atoms with Gasteiger partial charge >= 0.3 is 0 Å². The first-order valence-corrected chi connectivity index (χ1v) is 10.9. The standard InChI is InChI=1S/C20H20F2N4O2S/c21-17-6-3-7-18(22)20(17)29(27,28)24-13-15-12-19(14-8-10-23-11-9-14)26(25-15)16-4-1-2-5-16/h3,6-12,16,24H,1-2,4-5,13H2. The molecule has 0 spiro atoms. The summed E-state index contributed by atoms with van der Waals surface area (Å²) in [6.07, 6.45) is 7.62. The minimum atomic E-state index is -4.37. The van der Waals surface area contributed by atoms with Crippen LogP contribution in [0.25, 0.3) is 11.3 Å². The van der Waals surface area contributed by atoms with Gasteiger partial charge in [-0.05, 0) is 43.2 Å². The zero-order valence-electron chi connectivity index (χ0n) is 15.6. The third-order valence-electron chi connectivity index (χ3n) is 5.06. The third kappa shape index (κ3) is 4.06. The molecule has 2 heterocycles. The minimum Gasteiger partial charge on any atom is -0.265 e. The Labute approximate surface area is 167 Å². The molecular formula is C20H20F2N4O2S. The van der Waals surface area contributed by atoms with Crippen molar-refractivity contribution < 1.29 is 17.2 Å². The molecule has 1 N–H and O–H groups in total. The maximum atomic E-state index is 13.9. The van der Waals surface area contributed by atoms with Crippen molar-refractivity contribution in [2.75, 3.05) is 0 Å². The Morgan fingerprint density at radius 2 is 1.72 bits per heavy atom. The normalized spacial score (nSPS) is 15.1. The van der Waals surface area contributed by atoms with Gasteiger partial charge in [0.25, 0.3) is 0 Å². The van der Waals surface area contributed by atoms with E-state index in [-0.39, 0.29) is 12.6 Å². The zero-order chi connectivity index (χ0) is 20.4. The van der Waals surface area contributed by atoms with Crippen LogP contribution in [0.4, 0.5) is 8.78 Å². The Kier molecular flexibility index (Phi) is 5.42. The molecule has 9 heteroatoms. The molecule has 1 aliphatic carbocycles. The van der Waals surface area contributed by atoms with Crippen LogP contribution in [0.2, 0.25) is 0 Å². The summed E-state index contributed by atoms with van der Waals surface area (Å²) in [5.41, 5.74) is 2.27. The van der Waals surface area contributed by atoms with Gasteiger partial charge < -0.3 is 0 Å². The van der Waals surface area contributed by atoms with Crippen molar-refractivity contribution in [3.05, 3.63) is 66.1 Å². The number of hydrogen-bond donors (Lipinski definition) is 1. The molecule has 1 saturated carbocycles. The van der Waals surface area contributed by atoms with Crippen LogP contribution in [-0.2, 0) is 16.6 Å². The van der Waals surface area contributed by atoms with Crippen molar-refractivity contribution in [3.8, 4) is 11.3 Å². The van der Waals surface area contributed by atoms with Crippen LogP contribution >= 0.6 is 0 Å². The van der Waals surface area contributed by atoms with Gasteiger partial charge in [0, 0.05) is 18.0 Å². The molecule has 0 atom stereocenters. The van der Waals surface area contributed by atoms with Crippen LogP contribution in [0.1, 0.15) is 37.4 Å². The third-order valence-corrected chi connectivity index (χ3v) is 6.52. The summed E-state index contributed by atoms with van der Waals surface area (Å²) in [6.45, 7) is -0.173.